The van der Waals surface area contributed by atoms with Gasteiger partial charge in [-0.15, -0.1) is 0 Å². The van der Waals surface area contributed by atoms with Crippen LogP contribution in [-0.4, -0.2) is 10.1 Å². The Morgan fingerprint density at radius 2 is 1.81 bits per heavy atom. The second kappa shape index (κ2) is 3.74. The number of hydrogen-bond acceptors (Lipinski definition) is 2. The largest absolute Gasteiger partial charge is 0.493 e. The maximum absolute atomic E-state index is 9.66. The zero-order chi connectivity index (χ0) is 11.9. The molecule has 0 unspecified atom stereocenters. The standard InChI is InChI=1S/C13H14BrNO/c1-13(2,3)10-5-4-9-8(11(10)14)6-7-15-12(9)16/h4-7H,1-3H3,(H,15,16). The number of nitrogens with zero attached hydrogens (tertiary/aromatic N) is 1. The highest BCUT2D eigenvalue weighted by atomic mass is 79.9. The summed E-state index contributed by atoms with van der Waals surface area (Å²) in [5.74, 6) is 0.0821. The van der Waals surface area contributed by atoms with Crippen molar-refractivity contribution in [2.45, 2.75) is 26.2 Å². The molecule has 16 heavy (non-hydrogen) atoms. The molecule has 0 amide bonds. The van der Waals surface area contributed by atoms with Gasteiger partial charge in [0.25, 0.3) is 0 Å². The van der Waals surface area contributed by atoms with Crippen LogP contribution in [-0.2, 0) is 5.41 Å². The molecule has 1 N–H and O–H groups in total. The molecule has 1 heterocycles. The van der Waals surface area contributed by atoms with Crippen LogP contribution in [0.2, 0.25) is 0 Å². The predicted molar refractivity (Wildman–Crippen MR) is 69.8 cm³/mol. The second-order valence-corrected chi connectivity index (χ2v) is 5.70. The number of rotatable bonds is 0. The number of pyridine rings is 1. The number of hydrogen-bond donors (Lipinski definition) is 1. The first kappa shape index (κ1) is 11.4. The van der Waals surface area contributed by atoms with E-state index >= 15 is 0 Å². The average Bonchev–Trinajstić information content (AvgIpc) is 2.18. The zero-order valence-electron chi connectivity index (χ0n) is 9.58. The summed E-state index contributed by atoms with van der Waals surface area (Å²) in [4.78, 5) is 3.87. The Morgan fingerprint density at radius 3 is 2.44 bits per heavy atom. The summed E-state index contributed by atoms with van der Waals surface area (Å²) in [5, 5.41) is 11.4. The molecule has 2 aromatic rings. The van der Waals surface area contributed by atoms with Crippen LogP contribution in [0.4, 0.5) is 0 Å². The highest BCUT2D eigenvalue weighted by molar-refractivity contribution is 9.10. The molecule has 0 radical (unpaired) electrons. The van der Waals surface area contributed by atoms with Crippen molar-refractivity contribution in [1.82, 2.24) is 4.98 Å². The average molecular weight is 280 g/mol. The van der Waals surface area contributed by atoms with Crippen LogP contribution >= 0.6 is 15.9 Å². The fourth-order valence-electron chi connectivity index (χ4n) is 1.78. The molecule has 1 aromatic heterocycles. The van der Waals surface area contributed by atoms with E-state index in [0.717, 1.165) is 15.2 Å². The minimum atomic E-state index is 0.0753. The van der Waals surface area contributed by atoms with Crippen LogP contribution in [0.1, 0.15) is 26.3 Å². The van der Waals surface area contributed by atoms with Crippen molar-refractivity contribution in [2.75, 3.05) is 0 Å². The van der Waals surface area contributed by atoms with Gasteiger partial charge in [-0.05, 0) is 39.0 Å². The Morgan fingerprint density at radius 1 is 1.12 bits per heavy atom. The van der Waals surface area contributed by atoms with Crippen molar-refractivity contribution in [2.24, 2.45) is 0 Å². The first-order valence-electron chi connectivity index (χ1n) is 5.18. The molecule has 0 saturated heterocycles. The SMILES string of the molecule is CC(C)(C)c1ccc2c(O)nccc2c1Br. The van der Waals surface area contributed by atoms with Crippen molar-refractivity contribution < 1.29 is 5.11 Å². The van der Waals surface area contributed by atoms with Gasteiger partial charge >= 0.3 is 0 Å². The summed E-state index contributed by atoms with van der Waals surface area (Å²) in [5.41, 5.74) is 1.30. The third-order valence-corrected chi connectivity index (χ3v) is 3.52. The monoisotopic (exact) mass is 279 g/mol. The minimum absolute atomic E-state index is 0.0753. The molecule has 0 fully saturated rings. The number of fused-ring (bicyclic) bond motifs is 1. The van der Waals surface area contributed by atoms with E-state index in [9.17, 15) is 5.11 Å². The normalized spacial score (nSPS) is 12.0. The van der Waals surface area contributed by atoms with Gasteiger partial charge in [0.2, 0.25) is 5.88 Å². The van der Waals surface area contributed by atoms with Gasteiger partial charge in [0.15, 0.2) is 0 Å². The molecule has 2 rings (SSSR count). The van der Waals surface area contributed by atoms with Gasteiger partial charge in [-0.2, -0.15) is 0 Å². The fraction of sp³-hybridized carbons (Fsp3) is 0.308. The van der Waals surface area contributed by atoms with Gasteiger partial charge in [-0.3, -0.25) is 0 Å². The molecule has 0 aliphatic heterocycles. The molecule has 0 saturated carbocycles. The molecular weight excluding hydrogens is 266 g/mol. The lowest BCUT2D eigenvalue weighted by Crippen LogP contribution is -2.11. The number of aromatic nitrogens is 1. The minimum Gasteiger partial charge on any atom is -0.493 e. The van der Waals surface area contributed by atoms with E-state index in [-0.39, 0.29) is 11.3 Å². The second-order valence-electron chi connectivity index (χ2n) is 4.91. The van der Waals surface area contributed by atoms with E-state index < -0.39 is 0 Å². The van der Waals surface area contributed by atoms with Gasteiger partial charge in [-0.25, -0.2) is 4.98 Å². The molecule has 0 spiro atoms. The van der Waals surface area contributed by atoms with Crippen molar-refractivity contribution >= 4 is 26.7 Å². The predicted octanol–water partition coefficient (Wildman–Crippen LogP) is 4.00. The first-order chi connectivity index (χ1) is 7.41. The number of halogens is 1. The Kier molecular flexibility index (Phi) is 2.66. The molecule has 84 valence electrons. The fourth-order valence-corrected chi connectivity index (χ4v) is 2.85. The van der Waals surface area contributed by atoms with E-state index in [1.54, 1.807) is 6.20 Å². The maximum Gasteiger partial charge on any atom is 0.218 e. The molecule has 0 atom stereocenters. The van der Waals surface area contributed by atoms with Gasteiger partial charge in [0, 0.05) is 21.4 Å². The molecular formula is C13H14BrNO. The maximum atomic E-state index is 9.66. The summed E-state index contributed by atoms with van der Waals surface area (Å²) in [6.45, 7) is 6.50. The van der Waals surface area contributed by atoms with Crippen molar-refractivity contribution in [1.29, 1.82) is 0 Å². The lowest BCUT2D eigenvalue weighted by molar-refractivity contribution is 0.460. The van der Waals surface area contributed by atoms with Crippen LogP contribution < -0.4 is 0 Å². The van der Waals surface area contributed by atoms with Crippen molar-refractivity contribution in [3.8, 4) is 5.88 Å². The highest BCUT2D eigenvalue weighted by Crippen LogP contribution is 2.36. The quantitative estimate of drug-likeness (QED) is 0.791. The lowest BCUT2D eigenvalue weighted by atomic mass is 9.86. The summed E-state index contributed by atoms with van der Waals surface area (Å²) in [6, 6.07) is 5.87. The molecule has 3 heteroatoms. The first-order valence-corrected chi connectivity index (χ1v) is 5.97. The third-order valence-electron chi connectivity index (χ3n) is 2.67. The van der Waals surface area contributed by atoms with Crippen LogP contribution in [0.3, 0.4) is 0 Å². The Labute approximate surface area is 103 Å². The van der Waals surface area contributed by atoms with Gasteiger partial charge < -0.3 is 5.11 Å². The highest BCUT2D eigenvalue weighted by Gasteiger charge is 2.19. The van der Waals surface area contributed by atoms with E-state index in [4.69, 9.17) is 0 Å². The molecule has 0 aliphatic carbocycles. The van der Waals surface area contributed by atoms with Crippen LogP contribution in [0.25, 0.3) is 10.8 Å². The van der Waals surface area contributed by atoms with Crippen LogP contribution in [0, 0.1) is 0 Å². The van der Waals surface area contributed by atoms with E-state index in [2.05, 4.69) is 41.7 Å². The smallest absolute Gasteiger partial charge is 0.218 e. The number of benzene rings is 1. The third kappa shape index (κ3) is 1.80. The summed E-state index contributed by atoms with van der Waals surface area (Å²) in [6.07, 6.45) is 1.62. The molecule has 0 bridgehead atoms. The Balaban J connectivity index is 2.81. The summed E-state index contributed by atoms with van der Waals surface area (Å²) in [7, 11) is 0. The van der Waals surface area contributed by atoms with E-state index in [1.165, 1.54) is 5.56 Å². The topological polar surface area (TPSA) is 33.1 Å². The Hall–Kier alpha value is -1.09. The van der Waals surface area contributed by atoms with E-state index in [0.29, 0.717) is 0 Å². The summed E-state index contributed by atoms with van der Waals surface area (Å²) < 4.78 is 1.04. The van der Waals surface area contributed by atoms with E-state index in [1.807, 2.05) is 18.2 Å². The molecule has 0 aliphatic rings. The van der Waals surface area contributed by atoms with Crippen LogP contribution in [0.5, 0.6) is 5.88 Å². The van der Waals surface area contributed by atoms with Crippen LogP contribution in [0.15, 0.2) is 28.9 Å². The summed E-state index contributed by atoms with van der Waals surface area (Å²) >= 11 is 3.61. The van der Waals surface area contributed by atoms with Crippen molar-refractivity contribution in [3.63, 3.8) is 0 Å². The molecule has 2 nitrogen and oxygen atoms in total. The van der Waals surface area contributed by atoms with Gasteiger partial charge in [-0.1, -0.05) is 26.8 Å². The molecule has 1 aromatic carbocycles. The Bertz CT molecular complexity index is 543. The van der Waals surface area contributed by atoms with Crippen molar-refractivity contribution in [3.05, 3.63) is 34.4 Å². The van der Waals surface area contributed by atoms with Gasteiger partial charge in [0.05, 0.1) is 0 Å². The zero-order valence-corrected chi connectivity index (χ0v) is 11.2. The lowest BCUT2D eigenvalue weighted by Gasteiger charge is -2.21. The van der Waals surface area contributed by atoms with Gasteiger partial charge in [0.1, 0.15) is 0 Å². The number of aromatic hydroxyl groups is 1.